The van der Waals surface area contributed by atoms with Crippen LogP contribution in [0.5, 0.6) is 0 Å². The Labute approximate surface area is 104 Å². The molecule has 0 fully saturated rings. The van der Waals surface area contributed by atoms with Gasteiger partial charge in [0.2, 0.25) is 5.91 Å². The molecule has 17 heavy (non-hydrogen) atoms. The van der Waals surface area contributed by atoms with Crippen LogP contribution in [0.2, 0.25) is 0 Å². The van der Waals surface area contributed by atoms with Crippen molar-refractivity contribution in [1.82, 2.24) is 14.8 Å². The SMILES string of the molecule is Cc1cc(CNC(C)C(=O)N(C)C)c(C)n1C. The second kappa shape index (κ2) is 5.36. The van der Waals surface area contributed by atoms with E-state index in [2.05, 4.69) is 36.8 Å². The maximum atomic E-state index is 11.7. The zero-order valence-electron chi connectivity index (χ0n) is 11.7. The Bertz CT molecular complexity index is 407. The van der Waals surface area contributed by atoms with E-state index in [0.717, 1.165) is 6.54 Å². The second-order valence-corrected chi connectivity index (χ2v) is 4.79. The van der Waals surface area contributed by atoms with Gasteiger partial charge in [0.25, 0.3) is 0 Å². The van der Waals surface area contributed by atoms with Gasteiger partial charge in [-0.15, -0.1) is 0 Å². The summed E-state index contributed by atoms with van der Waals surface area (Å²) < 4.78 is 2.16. The van der Waals surface area contributed by atoms with Crippen LogP contribution in [0.4, 0.5) is 0 Å². The van der Waals surface area contributed by atoms with Gasteiger partial charge >= 0.3 is 0 Å². The zero-order valence-corrected chi connectivity index (χ0v) is 11.7. The van der Waals surface area contributed by atoms with Crippen molar-refractivity contribution in [3.8, 4) is 0 Å². The smallest absolute Gasteiger partial charge is 0.238 e. The summed E-state index contributed by atoms with van der Waals surface area (Å²) in [5.41, 5.74) is 3.74. The number of nitrogens with zero attached hydrogens (tertiary/aromatic N) is 2. The van der Waals surface area contributed by atoms with Gasteiger partial charge in [-0.2, -0.15) is 0 Å². The van der Waals surface area contributed by atoms with Crippen molar-refractivity contribution < 1.29 is 4.79 Å². The molecule has 0 saturated carbocycles. The van der Waals surface area contributed by atoms with Gasteiger partial charge < -0.3 is 14.8 Å². The maximum Gasteiger partial charge on any atom is 0.238 e. The summed E-state index contributed by atoms with van der Waals surface area (Å²) in [7, 11) is 5.61. The number of likely N-dealkylation sites (N-methyl/N-ethyl adjacent to an activating group) is 1. The Morgan fingerprint density at radius 1 is 1.47 bits per heavy atom. The lowest BCUT2D eigenvalue weighted by Crippen LogP contribution is -2.41. The van der Waals surface area contributed by atoms with Crippen LogP contribution in [0, 0.1) is 13.8 Å². The van der Waals surface area contributed by atoms with E-state index in [1.165, 1.54) is 17.0 Å². The van der Waals surface area contributed by atoms with Crippen molar-refractivity contribution in [3.63, 3.8) is 0 Å². The minimum absolute atomic E-state index is 0.107. The maximum absolute atomic E-state index is 11.7. The standard InChI is InChI=1S/C13H23N3O/c1-9-7-12(11(3)16(9)6)8-14-10(2)13(17)15(4)5/h7,10,14H,8H2,1-6H3. The lowest BCUT2D eigenvalue weighted by molar-refractivity contribution is -0.130. The summed E-state index contributed by atoms with van der Waals surface area (Å²) in [6, 6.07) is 2.01. The lowest BCUT2D eigenvalue weighted by atomic mass is 10.2. The number of aryl methyl sites for hydroxylation is 1. The highest BCUT2D eigenvalue weighted by atomic mass is 16.2. The lowest BCUT2D eigenvalue weighted by Gasteiger charge is -2.18. The highest BCUT2D eigenvalue weighted by Gasteiger charge is 2.15. The first-order chi connectivity index (χ1) is 7.84. The quantitative estimate of drug-likeness (QED) is 0.854. The number of carbonyl (C=O) groups excluding carboxylic acids is 1. The number of hydrogen-bond acceptors (Lipinski definition) is 2. The Kier molecular flexibility index (Phi) is 4.34. The highest BCUT2D eigenvalue weighted by molar-refractivity contribution is 5.80. The van der Waals surface area contributed by atoms with E-state index in [4.69, 9.17) is 0 Å². The van der Waals surface area contributed by atoms with Crippen molar-refractivity contribution in [3.05, 3.63) is 23.0 Å². The van der Waals surface area contributed by atoms with Gasteiger partial charge in [0.05, 0.1) is 6.04 Å². The molecule has 1 aromatic heterocycles. The molecule has 0 aromatic carbocycles. The van der Waals surface area contributed by atoms with Crippen LogP contribution in [0.1, 0.15) is 23.9 Å². The molecule has 0 aliphatic carbocycles. The molecular formula is C13H23N3O. The molecule has 0 aliphatic heterocycles. The first-order valence-corrected chi connectivity index (χ1v) is 5.91. The van der Waals surface area contributed by atoms with Crippen molar-refractivity contribution >= 4 is 5.91 Å². The van der Waals surface area contributed by atoms with Crippen LogP contribution in [-0.2, 0) is 18.4 Å². The van der Waals surface area contributed by atoms with E-state index in [1.807, 2.05) is 6.92 Å². The summed E-state index contributed by atoms with van der Waals surface area (Å²) >= 11 is 0. The number of hydrogen-bond donors (Lipinski definition) is 1. The third-order valence-corrected chi connectivity index (χ3v) is 3.29. The van der Waals surface area contributed by atoms with Crippen molar-refractivity contribution in [1.29, 1.82) is 0 Å². The summed E-state index contributed by atoms with van der Waals surface area (Å²) in [6.45, 7) is 6.81. The Hall–Kier alpha value is -1.29. The number of nitrogens with one attached hydrogen (secondary N) is 1. The summed E-state index contributed by atoms with van der Waals surface area (Å²) in [5.74, 6) is 0.107. The Morgan fingerprint density at radius 2 is 2.06 bits per heavy atom. The number of carbonyl (C=O) groups is 1. The van der Waals surface area contributed by atoms with Gasteiger partial charge in [-0.3, -0.25) is 4.79 Å². The summed E-state index contributed by atoms with van der Waals surface area (Å²) in [4.78, 5) is 13.3. The minimum Gasteiger partial charge on any atom is -0.352 e. The van der Waals surface area contributed by atoms with Crippen LogP contribution in [0.15, 0.2) is 6.07 Å². The summed E-state index contributed by atoms with van der Waals surface area (Å²) in [5, 5.41) is 3.26. The molecule has 1 N–H and O–H groups in total. The molecule has 0 radical (unpaired) electrons. The zero-order chi connectivity index (χ0) is 13.2. The first kappa shape index (κ1) is 13.8. The van der Waals surface area contributed by atoms with Crippen LogP contribution in [0.3, 0.4) is 0 Å². The van der Waals surface area contributed by atoms with E-state index in [0.29, 0.717) is 0 Å². The molecule has 1 atom stereocenters. The first-order valence-electron chi connectivity index (χ1n) is 5.91. The van der Waals surface area contributed by atoms with Gasteiger partial charge in [-0.05, 0) is 32.4 Å². The molecular weight excluding hydrogens is 214 g/mol. The molecule has 1 aromatic rings. The third kappa shape index (κ3) is 3.09. The fourth-order valence-corrected chi connectivity index (χ4v) is 1.85. The molecule has 1 amide bonds. The van der Waals surface area contributed by atoms with Gasteiger partial charge in [-0.25, -0.2) is 0 Å². The highest BCUT2D eigenvalue weighted by Crippen LogP contribution is 2.12. The fraction of sp³-hybridized carbons (Fsp3) is 0.615. The van der Waals surface area contributed by atoms with Crippen molar-refractivity contribution in [2.75, 3.05) is 14.1 Å². The molecule has 4 heteroatoms. The van der Waals surface area contributed by atoms with E-state index < -0.39 is 0 Å². The molecule has 0 spiro atoms. The Balaban J connectivity index is 2.62. The van der Waals surface area contributed by atoms with E-state index >= 15 is 0 Å². The predicted octanol–water partition coefficient (Wildman–Crippen LogP) is 1.21. The van der Waals surface area contributed by atoms with Crippen molar-refractivity contribution in [2.24, 2.45) is 7.05 Å². The second-order valence-electron chi connectivity index (χ2n) is 4.79. The topological polar surface area (TPSA) is 37.3 Å². The Morgan fingerprint density at radius 3 is 2.47 bits per heavy atom. The van der Waals surface area contributed by atoms with Crippen LogP contribution < -0.4 is 5.32 Å². The van der Waals surface area contributed by atoms with Gasteiger partial charge in [-0.1, -0.05) is 0 Å². The van der Waals surface area contributed by atoms with Crippen LogP contribution in [0.25, 0.3) is 0 Å². The number of aromatic nitrogens is 1. The molecule has 4 nitrogen and oxygen atoms in total. The number of amides is 1. The molecule has 1 rings (SSSR count). The molecule has 1 heterocycles. The molecule has 0 saturated heterocycles. The van der Waals surface area contributed by atoms with Gasteiger partial charge in [0, 0.05) is 39.1 Å². The number of rotatable bonds is 4. The fourth-order valence-electron chi connectivity index (χ4n) is 1.85. The van der Waals surface area contributed by atoms with Crippen LogP contribution >= 0.6 is 0 Å². The monoisotopic (exact) mass is 237 g/mol. The van der Waals surface area contributed by atoms with Gasteiger partial charge in [0.1, 0.15) is 0 Å². The van der Waals surface area contributed by atoms with E-state index in [9.17, 15) is 4.79 Å². The van der Waals surface area contributed by atoms with Crippen molar-refractivity contribution in [2.45, 2.75) is 33.4 Å². The summed E-state index contributed by atoms with van der Waals surface area (Å²) in [6.07, 6.45) is 0. The predicted molar refractivity (Wildman–Crippen MR) is 69.9 cm³/mol. The largest absolute Gasteiger partial charge is 0.352 e. The van der Waals surface area contributed by atoms with Gasteiger partial charge in [0.15, 0.2) is 0 Å². The molecule has 0 aliphatic rings. The average molecular weight is 237 g/mol. The van der Waals surface area contributed by atoms with E-state index in [-0.39, 0.29) is 11.9 Å². The molecule has 0 bridgehead atoms. The third-order valence-electron chi connectivity index (χ3n) is 3.29. The van der Waals surface area contributed by atoms with Crippen LogP contribution in [-0.4, -0.2) is 35.5 Å². The average Bonchev–Trinajstić information content (AvgIpc) is 2.52. The molecule has 1 unspecified atom stereocenters. The normalized spacial score (nSPS) is 12.6. The molecule has 96 valence electrons. The minimum atomic E-state index is -0.148. The van der Waals surface area contributed by atoms with E-state index in [1.54, 1.807) is 19.0 Å².